The van der Waals surface area contributed by atoms with Crippen molar-refractivity contribution in [3.63, 3.8) is 0 Å². The Labute approximate surface area is 107 Å². The summed E-state index contributed by atoms with van der Waals surface area (Å²) in [7, 11) is 0. The Hall–Kier alpha value is -1.31. The normalized spacial score (nSPS) is 22.6. The molecule has 2 rings (SSSR count). The maximum atomic E-state index is 11.4. The monoisotopic (exact) mass is 270 g/mol. The summed E-state index contributed by atoms with van der Waals surface area (Å²) in [5.41, 5.74) is 0.640. The molecule has 18 heavy (non-hydrogen) atoms. The summed E-state index contributed by atoms with van der Waals surface area (Å²) in [4.78, 5) is 10.1. The summed E-state index contributed by atoms with van der Waals surface area (Å²) in [5.74, 6) is 0. The number of nitro benzene ring substituents is 1. The van der Waals surface area contributed by atoms with Gasteiger partial charge < -0.3 is 9.87 Å². The highest BCUT2D eigenvalue weighted by atomic mass is 32.2. The van der Waals surface area contributed by atoms with E-state index >= 15 is 0 Å². The molecule has 0 radical (unpaired) electrons. The zero-order chi connectivity index (χ0) is 13.1. The largest absolute Gasteiger partial charge is 0.312 e. The van der Waals surface area contributed by atoms with Gasteiger partial charge in [0.1, 0.15) is 5.25 Å². The molecule has 1 fully saturated rings. The Morgan fingerprint density at radius 1 is 1.44 bits per heavy atom. The lowest BCUT2D eigenvalue weighted by Crippen LogP contribution is -2.31. The molecular weight excluding hydrogens is 256 g/mol. The van der Waals surface area contributed by atoms with Gasteiger partial charge in [0.2, 0.25) is 0 Å². The molecule has 1 heterocycles. The van der Waals surface area contributed by atoms with Gasteiger partial charge in [-0.2, -0.15) is 0 Å². The first-order valence-corrected chi connectivity index (χ1v) is 6.84. The van der Waals surface area contributed by atoms with Gasteiger partial charge in [-0.25, -0.2) is 4.21 Å². The van der Waals surface area contributed by atoms with Crippen LogP contribution in [0.1, 0.15) is 23.7 Å². The molecule has 6 nitrogen and oxygen atoms in total. The molecule has 0 spiro atoms. The second kappa shape index (κ2) is 5.55. The van der Waals surface area contributed by atoms with Crippen LogP contribution in [0.5, 0.6) is 0 Å². The summed E-state index contributed by atoms with van der Waals surface area (Å²) < 4.78 is 20.8. The number of nitrogens with zero attached hydrogens (tertiary/aromatic N) is 1. The number of nitrogens with one attached hydrogen (secondary N) is 1. The van der Waals surface area contributed by atoms with Crippen molar-refractivity contribution in [3.8, 4) is 0 Å². The van der Waals surface area contributed by atoms with Crippen LogP contribution in [0, 0.1) is 10.1 Å². The van der Waals surface area contributed by atoms with E-state index in [0.29, 0.717) is 5.56 Å². The standard InChI is InChI=1S/C11H14N2O4S/c14-13(15)9-5-3-8(4-6-9)11(18(16)17)10-2-1-7-12-10/h3-6,10-12H,1-2,7H2,(H,16,17). The molecular formula is C11H14N2O4S. The minimum absolute atomic E-state index is 0.0133. The van der Waals surface area contributed by atoms with Crippen molar-refractivity contribution in [2.75, 3.05) is 6.54 Å². The summed E-state index contributed by atoms with van der Waals surface area (Å²) in [5, 5.41) is 13.2. The van der Waals surface area contributed by atoms with Crippen molar-refractivity contribution in [3.05, 3.63) is 39.9 Å². The van der Waals surface area contributed by atoms with Crippen LogP contribution in [0.15, 0.2) is 24.3 Å². The Balaban J connectivity index is 2.25. The third-order valence-corrected chi connectivity index (χ3v) is 4.15. The topological polar surface area (TPSA) is 92.5 Å². The van der Waals surface area contributed by atoms with Crippen molar-refractivity contribution in [2.24, 2.45) is 0 Å². The highest BCUT2D eigenvalue weighted by Gasteiger charge is 2.30. The summed E-state index contributed by atoms with van der Waals surface area (Å²) >= 11 is -1.99. The number of non-ortho nitro benzene ring substituents is 1. The second-order valence-electron chi connectivity index (χ2n) is 4.25. The predicted molar refractivity (Wildman–Crippen MR) is 67.6 cm³/mol. The average Bonchev–Trinajstić information content (AvgIpc) is 2.83. The molecule has 7 heteroatoms. The number of rotatable bonds is 4. The third-order valence-electron chi connectivity index (χ3n) is 3.11. The molecule has 3 unspecified atom stereocenters. The highest BCUT2D eigenvalue weighted by Crippen LogP contribution is 2.29. The molecule has 1 aromatic rings. The van der Waals surface area contributed by atoms with Gasteiger partial charge in [0.25, 0.3) is 5.69 Å². The SMILES string of the molecule is O=[N+]([O-])c1ccc(C(C2CCCN2)S(=O)O)cc1. The van der Waals surface area contributed by atoms with Crippen LogP contribution in [0.4, 0.5) is 5.69 Å². The summed E-state index contributed by atoms with van der Waals surface area (Å²) in [6.45, 7) is 0.839. The fourth-order valence-electron chi connectivity index (χ4n) is 2.24. The molecule has 1 aliphatic rings. The van der Waals surface area contributed by atoms with E-state index in [1.165, 1.54) is 12.1 Å². The van der Waals surface area contributed by atoms with Gasteiger partial charge in [0.05, 0.1) is 4.92 Å². The van der Waals surface area contributed by atoms with E-state index in [1.807, 2.05) is 0 Å². The van der Waals surface area contributed by atoms with E-state index in [9.17, 15) is 18.9 Å². The van der Waals surface area contributed by atoms with E-state index in [1.54, 1.807) is 12.1 Å². The molecule has 98 valence electrons. The van der Waals surface area contributed by atoms with Gasteiger partial charge in [-0.1, -0.05) is 12.1 Å². The summed E-state index contributed by atoms with van der Waals surface area (Å²) in [6, 6.07) is 5.79. The van der Waals surface area contributed by atoms with Crippen LogP contribution in [0.2, 0.25) is 0 Å². The zero-order valence-corrected chi connectivity index (χ0v) is 10.4. The lowest BCUT2D eigenvalue weighted by atomic mass is 10.0. The molecule has 3 atom stereocenters. The predicted octanol–water partition coefficient (Wildman–Crippen LogP) is 1.61. The van der Waals surface area contributed by atoms with E-state index in [4.69, 9.17) is 0 Å². The highest BCUT2D eigenvalue weighted by molar-refractivity contribution is 7.79. The first kappa shape index (κ1) is 13.1. The average molecular weight is 270 g/mol. The second-order valence-corrected chi connectivity index (χ2v) is 5.31. The molecule has 0 saturated carbocycles. The Bertz CT molecular complexity index is 457. The van der Waals surface area contributed by atoms with E-state index in [2.05, 4.69) is 5.32 Å². The Kier molecular flexibility index (Phi) is 4.05. The van der Waals surface area contributed by atoms with Crippen LogP contribution in [0.3, 0.4) is 0 Å². The van der Waals surface area contributed by atoms with Gasteiger partial charge >= 0.3 is 0 Å². The minimum Gasteiger partial charge on any atom is -0.312 e. The molecule has 1 saturated heterocycles. The number of nitro groups is 1. The van der Waals surface area contributed by atoms with Crippen molar-refractivity contribution >= 4 is 16.8 Å². The van der Waals surface area contributed by atoms with E-state index in [0.717, 1.165) is 19.4 Å². The van der Waals surface area contributed by atoms with Crippen molar-refractivity contribution in [2.45, 2.75) is 24.1 Å². The van der Waals surface area contributed by atoms with Crippen LogP contribution in [-0.4, -0.2) is 26.3 Å². The van der Waals surface area contributed by atoms with Gasteiger partial charge in [0, 0.05) is 18.2 Å². The summed E-state index contributed by atoms with van der Waals surface area (Å²) in [6.07, 6.45) is 1.82. The lowest BCUT2D eigenvalue weighted by molar-refractivity contribution is -0.384. The molecule has 0 amide bonds. The van der Waals surface area contributed by atoms with Crippen LogP contribution in [0.25, 0.3) is 0 Å². The molecule has 0 bridgehead atoms. The van der Waals surface area contributed by atoms with Crippen molar-refractivity contribution in [1.29, 1.82) is 0 Å². The quantitative estimate of drug-likeness (QED) is 0.492. The van der Waals surface area contributed by atoms with Gasteiger partial charge in [-0.15, -0.1) is 0 Å². The van der Waals surface area contributed by atoms with Gasteiger partial charge in [-0.05, 0) is 24.9 Å². The number of benzene rings is 1. The zero-order valence-electron chi connectivity index (χ0n) is 9.61. The van der Waals surface area contributed by atoms with Crippen LogP contribution >= 0.6 is 0 Å². The fourth-order valence-corrected chi connectivity index (χ4v) is 3.15. The van der Waals surface area contributed by atoms with Gasteiger partial charge in [-0.3, -0.25) is 10.1 Å². The van der Waals surface area contributed by atoms with Crippen molar-refractivity contribution in [1.82, 2.24) is 5.32 Å². The van der Waals surface area contributed by atoms with Crippen LogP contribution < -0.4 is 5.32 Å². The van der Waals surface area contributed by atoms with E-state index in [-0.39, 0.29) is 11.7 Å². The minimum atomic E-state index is -1.99. The molecule has 1 aliphatic heterocycles. The van der Waals surface area contributed by atoms with Crippen molar-refractivity contribution < 1.29 is 13.7 Å². The maximum Gasteiger partial charge on any atom is 0.269 e. The smallest absolute Gasteiger partial charge is 0.269 e. The first-order valence-electron chi connectivity index (χ1n) is 5.67. The molecule has 2 N–H and O–H groups in total. The lowest BCUT2D eigenvalue weighted by Gasteiger charge is -2.20. The van der Waals surface area contributed by atoms with E-state index < -0.39 is 21.3 Å². The maximum absolute atomic E-state index is 11.4. The van der Waals surface area contributed by atoms with Crippen LogP contribution in [-0.2, 0) is 11.1 Å². The third kappa shape index (κ3) is 2.74. The molecule has 1 aromatic carbocycles. The fraction of sp³-hybridized carbons (Fsp3) is 0.455. The molecule has 0 aromatic heterocycles. The number of hydrogen-bond donors (Lipinski definition) is 2. The van der Waals surface area contributed by atoms with Gasteiger partial charge in [0.15, 0.2) is 11.1 Å². The number of hydrogen-bond acceptors (Lipinski definition) is 4. The Morgan fingerprint density at radius 3 is 2.56 bits per heavy atom. The first-order chi connectivity index (χ1) is 8.59. The Morgan fingerprint density at radius 2 is 2.11 bits per heavy atom. The molecule has 0 aliphatic carbocycles.